The first-order chi connectivity index (χ1) is 7.86. The molecule has 0 spiro atoms. The Labute approximate surface area is 102 Å². The number of carbonyl (C=O) groups excluding carboxylic acids is 1. The number of nitrogens with one attached hydrogen (secondary N) is 1. The van der Waals surface area contributed by atoms with E-state index in [0.717, 1.165) is 0 Å². The molecule has 0 bridgehead atoms. The van der Waals surface area contributed by atoms with Crippen molar-refractivity contribution in [1.29, 1.82) is 0 Å². The number of hydrogen-bond acceptors (Lipinski definition) is 3. The first-order valence-electron chi connectivity index (χ1n) is 5.78. The maximum atomic E-state index is 11.6. The zero-order valence-corrected chi connectivity index (χ0v) is 10.6. The molecule has 0 rings (SSSR count). The van der Waals surface area contributed by atoms with Gasteiger partial charge in [0.1, 0.15) is 0 Å². The quantitative estimate of drug-likeness (QED) is 0.615. The number of nitrogens with zero attached hydrogens (tertiary/aromatic N) is 1. The number of aliphatic hydroxyl groups excluding tert-OH is 1. The van der Waals surface area contributed by atoms with Gasteiger partial charge >= 0.3 is 12.0 Å². The normalized spacial score (nSPS) is 13.9. The maximum Gasteiger partial charge on any atom is 0.317 e. The average Bonchev–Trinajstić information content (AvgIpc) is 2.23. The minimum Gasteiger partial charge on any atom is -0.481 e. The lowest BCUT2D eigenvalue weighted by atomic mass is 10.1. The van der Waals surface area contributed by atoms with Gasteiger partial charge < -0.3 is 20.4 Å². The Kier molecular flexibility index (Phi) is 7.29. The van der Waals surface area contributed by atoms with Crippen LogP contribution >= 0.6 is 0 Å². The third-order valence-corrected chi connectivity index (χ3v) is 2.47. The smallest absolute Gasteiger partial charge is 0.317 e. The summed E-state index contributed by atoms with van der Waals surface area (Å²) in [5.74, 6) is -0.927. The van der Waals surface area contributed by atoms with Crippen molar-refractivity contribution in [2.24, 2.45) is 0 Å². The molecule has 0 aromatic rings. The lowest BCUT2D eigenvalue weighted by Crippen LogP contribution is -2.44. The molecule has 0 aliphatic heterocycles. The van der Waals surface area contributed by atoms with Crippen LogP contribution in [0.15, 0.2) is 0 Å². The second-order valence-electron chi connectivity index (χ2n) is 4.21. The molecule has 6 nitrogen and oxygen atoms in total. The molecule has 3 N–H and O–H groups in total. The highest BCUT2D eigenvalue weighted by Crippen LogP contribution is 2.00. The monoisotopic (exact) mass is 246 g/mol. The molecule has 17 heavy (non-hydrogen) atoms. The molecule has 100 valence electrons. The summed E-state index contributed by atoms with van der Waals surface area (Å²) in [6, 6.07) is -0.659. The van der Waals surface area contributed by atoms with Crippen LogP contribution in [0.3, 0.4) is 0 Å². The number of carbonyl (C=O) groups is 2. The van der Waals surface area contributed by atoms with Crippen molar-refractivity contribution in [3.63, 3.8) is 0 Å². The highest BCUT2D eigenvalue weighted by molar-refractivity contribution is 5.75. The second kappa shape index (κ2) is 7.89. The predicted octanol–water partition coefficient (Wildman–Crippen LogP) is 0.652. The summed E-state index contributed by atoms with van der Waals surface area (Å²) in [7, 11) is 1.62. The Morgan fingerprint density at radius 3 is 2.41 bits per heavy atom. The van der Waals surface area contributed by atoms with Gasteiger partial charge in [0, 0.05) is 19.6 Å². The summed E-state index contributed by atoms with van der Waals surface area (Å²) in [4.78, 5) is 23.6. The fraction of sp³-hybridized carbons (Fsp3) is 0.818. The number of rotatable bonds is 7. The fourth-order valence-electron chi connectivity index (χ4n) is 1.28. The van der Waals surface area contributed by atoms with Crippen molar-refractivity contribution < 1.29 is 19.8 Å². The van der Waals surface area contributed by atoms with Gasteiger partial charge in [0.05, 0.1) is 12.5 Å². The summed E-state index contributed by atoms with van der Waals surface area (Å²) < 4.78 is 0. The summed E-state index contributed by atoms with van der Waals surface area (Å²) in [5.41, 5.74) is 0. The summed E-state index contributed by atoms with van der Waals surface area (Å²) >= 11 is 0. The molecule has 0 aliphatic rings. The molecule has 0 aromatic carbocycles. The van der Waals surface area contributed by atoms with E-state index in [1.165, 1.54) is 4.90 Å². The minimum absolute atomic E-state index is 0.0769. The van der Waals surface area contributed by atoms with Crippen LogP contribution in [-0.2, 0) is 4.79 Å². The van der Waals surface area contributed by atoms with Crippen molar-refractivity contribution in [1.82, 2.24) is 10.2 Å². The molecule has 6 heteroatoms. The number of aliphatic carboxylic acids is 1. The molecule has 0 saturated heterocycles. The van der Waals surface area contributed by atoms with Crippen LogP contribution in [0.2, 0.25) is 0 Å². The lowest BCUT2D eigenvalue weighted by Gasteiger charge is -2.22. The zero-order chi connectivity index (χ0) is 13.4. The van der Waals surface area contributed by atoms with Crippen molar-refractivity contribution in [2.75, 3.05) is 13.6 Å². The third-order valence-electron chi connectivity index (χ3n) is 2.47. The van der Waals surface area contributed by atoms with Crippen LogP contribution < -0.4 is 5.32 Å². The number of amides is 2. The second-order valence-corrected chi connectivity index (χ2v) is 4.21. The SMILES string of the molecule is CCC(CC(=O)O)NC(=O)N(C)CCC(C)O. The molecule has 0 aromatic heterocycles. The van der Waals surface area contributed by atoms with Crippen molar-refractivity contribution >= 4 is 12.0 Å². The highest BCUT2D eigenvalue weighted by atomic mass is 16.4. The molecule has 0 saturated carbocycles. The van der Waals surface area contributed by atoms with Crippen LogP contribution in [-0.4, -0.2) is 52.9 Å². The summed E-state index contributed by atoms with van der Waals surface area (Å²) in [6.45, 7) is 3.92. The van der Waals surface area contributed by atoms with Gasteiger partial charge in [-0.05, 0) is 19.8 Å². The van der Waals surface area contributed by atoms with E-state index in [2.05, 4.69) is 5.32 Å². The van der Waals surface area contributed by atoms with E-state index in [-0.39, 0.29) is 18.5 Å². The van der Waals surface area contributed by atoms with Gasteiger partial charge in [-0.3, -0.25) is 4.79 Å². The molecule has 2 amide bonds. The maximum absolute atomic E-state index is 11.6. The van der Waals surface area contributed by atoms with Crippen LogP contribution in [0.4, 0.5) is 4.79 Å². The first-order valence-corrected chi connectivity index (χ1v) is 5.78. The number of aliphatic hydroxyl groups is 1. The Morgan fingerprint density at radius 1 is 1.41 bits per heavy atom. The van der Waals surface area contributed by atoms with Gasteiger partial charge in [-0.15, -0.1) is 0 Å². The molecule has 2 atom stereocenters. The Hall–Kier alpha value is -1.30. The van der Waals surface area contributed by atoms with Gasteiger partial charge in [-0.25, -0.2) is 4.79 Å². The van der Waals surface area contributed by atoms with Gasteiger partial charge in [0.2, 0.25) is 0 Å². The van der Waals surface area contributed by atoms with Gasteiger partial charge in [-0.1, -0.05) is 6.92 Å². The van der Waals surface area contributed by atoms with E-state index in [4.69, 9.17) is 10.2 Å². The van der Waals surface area contributed by atoms with Crippen LogP contribution in [0.1, 0.15) is 33.1 Å². The number of hydrogen-bond donors (Lipinski definition) is 3. The minimum atomic E-state index is -0.927. The number of carboxylic acid groups (broad SMARTS) is 1. The Balaban J connectivity index is 4.07. The van der Waals surface area contributed by atoms with E-state index < -0.39 is 12.1 Å². The molecule has 0 aliphatic carbocycles. The Bertz CT molecular complexity index is 256. The van der Waals surface area contributed by atoms with Crippen molar-refractivity contribution in [2.45, 2.75) is 45.3 Å². The van der Waals surface area contributed by atoms with Crippen LogP contribution in [0.25, 0.3) is 0 Å². The molecule has 2 unspecified atom stereocenters. The fourth-order valence-corrected chi connectivity index (χ4v) is 1.28. The molecular formula is C11H22N2O4. The summed E-state index contributed by atoms with van der Waals surface area (Å²) in [6.07, 6.45) is 0.542. The van der Waals surface area contributed by atoms with E-state index >= 15 is 0 Å². The third kappa shape index (κ3) is 7.57. The van der Waals surface area contributed by atoms with Crippen LogP contribution in [0, 0.1) is 0 Å². The van der Waals surface area contributed by atoms with E-state index in [9.17, 15) is 9.59 Å². The topological polar surface area (TPSA) is 89.9 Å². The predicted molar refractivity (Wildman–Crippen MR) is 63.8 cm³/mol. The first kappa shape index (κ1) is 15.7. The molecule has 0 radical (unpaired) electrons. The van der Waals surface area contributed by atoms with Gasteiger partial charge in [0.15, 0.2) is 0 Å². The van der Waals surface area contributed by atoms with E-state index in [1.54, 1.807) is 14.0 Å². The number of carboxylic acids is 1. The molecule has 0 heterocycles. The lowest BCUT2D eigenvalue weighted by molar-refractivity contribution is -0.137. The molecular weight excluding hydrogens is 224 g/mol. The highest BCUT2D eigenvalue weighted by Gasteiger charge is 2.16. The zero-order valence-electron chi connectivity index (χ0n) is 10.6. The largest absolute Gasteiger partial charge is 0.481 e. The Morgan fingerprint density at radius 2 is 2.00 bits per heavy atom. The summed E-state index contributed by atoms with van der Waals surface area (Å²) in [5, 5.41) is 20.4. The van der Waals surface area contributed by atoms with E-state index in [1.807, 2.05) is 6.92 Å². The van der Waals surface area contributed by atoms with Gasteiger partial charge in [0.25, 0.3) is 0 Å². The number of urea groups is 1. The van der Waals surface area contributed by atoms with Crippen molar-refractivity contribution in [3.8, 4) is 0 Å². The average molecular weight is 246 g/mol. The molecule has 0 fully saturated rings. The van der Waals surface area contributed by atoms with Crippen molar-refractivity contribution in [3.05, 3.63) is 0 Å². The standard InChI is InChI=1S/C11H22N2O4/c1-4-9(7-10(15)16)12-11(17)13(3)6-5-8(2)14/h8-9,14H,4-7H2,1-3H3,(H,12,17)(H,15,16). The van der Waals surface area contributed by atoms with Gasteiger partial charge in [-0.2, -0.15) is 0 Å². The van der Waals surface area contributed by atoms with Crippen LogP contribution in [0.5, 0.6) is 0 Å². The van der Waals surface area contributed by atoms with E-state index in [0.29, 0.717) is 19.4 Å².